The maximum absolute atomic E-state index is 12.8. The lowest BCUT2D eigenvalue weighted by Crippen LogP contribution is -2.23. The van der Waals surface area contributed by atoms with Crippen molar-refractivity contribution in [1.82, 2.24) is 19.0 Å². The zero-order chi connectivity index (χ0) is 19.8. The average molecular weight is 396 g/mol. The molecule has 0 radical (unpaired) electrons. The van der Waals surface area contributed by atoms with E-state index in [9.17, 15) is 4.79 Å². The summed E-state index contributed by atoms with van der Waals surface area (Å²) in [6.07, 6.45) is 3.05. The largest absolute Gasteiger partial charge is 0.356 e. The van der Waals surface area contributed by atoms with E-state index >= 15 is 0 Å². The zero-order valence-corrected chi connectivity index (χ0v) is 17.5. The second-order valence-electron chi connectivity index (χ2n) is 7.41. The molecule has 28 heavy (non-hydrogen) atoms. The molecular formula is C21H25N5OS. The molecule has 4 rings (SSSR count). The van der Waals surface area contributed by atoms with Crippen molar-refractivity contribution in [3.05, 3.63) is 46.9 Å². The third-order valence-corrected chi connectivity index (χ3v) is 6.15. The molecule has 0 bridgehead atoms. The molecule has 0 saturated carbocycles. The van der Waals surface area contributed by atoms with E-state index in [2.05, 4.69) is 59.3 Å². The fraction of sp³-hybridized carbons (Fsp3) is 0.333. The Bertz CT molecular complexity index is 1200. The highest BCUT2D eigenvalue weighted by Crippen LogP contribution is 2.33. The van der Waals surface area contributed by atoms with Crippen LogP contribution in [-0.2, 0) is 14.1 Å². The number of nitrogens with zero attached hydrogens (tertiary/aromatic N) is 4. The molecule has 7 heteroatoms. The Kier molecular flexibility index (Phi) is 4.95. The van der Waals surface area contributed by atoms with Crippen LogP contribution < -0.4 is 10.9 Å². The minimum Gasteiger partial charge on any atom is -0.356 e. The number of anilines is 1. The van der Waals surface area contributed by atoms with Gasteiger partial charge in [0.05, 0.1) is 5.52 Å². The number of hydrogen-bond acceptors (Lipinski definition) is 5. The number of rotatable bonds is 6. The van der Waals surface area contributed by atoms with Gasteiger partial charge in [-0.1, -0.05) is 6.07 Å². The van der Waals surface area contributed by atoms with Crippen LogP contribution in [0.5, 0.6) is 0 Å². The predicted octanol–water partition coefficient (Wildman–Crippen LogP) is 3.52. The molecule has 0 aliphatic carbocycles. The third kappa shape index (κ3) is 3.43. The number of thiophene rings is 1. The fourth-order valence-electron chi connectivity index (χ4n) is 3.39. The van der Waals surface area contributed by atoms with Gasteiger partial charge in [-0.2, -0.15) is 0 Å². The molecule has 0 aliphatic heterocycles. The van der Waals surface area contributed by atoms with Gasteiger partial charge in [0.25, 0.3) is 5.56 Å². The first-order valence-electron chi connectivity index (χ1n) is 9.38. The van der Waals surface area contributed by atoms with Crippen molar-refractivity contribution in [2.75, 3.05) is 32.5 Å². The van der Waals surface area contributed by atoms with Crippen LogP contribution in [0.2, 0.25) is 0 Å². The Hall–Kier alpha value is -2.64. The molecule has 1 aromatic carbocycles. The summed E-state index contributed by atoms with van der Waals surface area (Å²) < 4.78 is 4.42. The van der Waals surface area contributed by atoms with Crippen LogP contribution >= 0.6 is 11.3 Å². The summed E-state index contributed by atoms with van der Waals surface area (Å²) in [6.45, 7) is 1.78. The van der Waals surface area contributed by atoms with Crippen LogP contribution in [0.15, 0.2) is 41.3 Å². The lowest BCUT2D eigenvalue weighted by molar-refractivity contribution is 0.405. The Morgan fingerprint density at radius 1 is 1.18 bits per heavy atom. The lowest BCUT2D eigenvalue weighted by atomic mass is 10.1. The summed E-state index contributed by atoms with van der Waals surface area (Å²) in [7, 11) is 7.93. The number of benzene rings is 1. The van der Waals surface area contributed by atoms with Gasteiger partial charge in [0, 0.05) is 42.6 Å². The smallest absolute Gasteiger partial charge is 0.272 e. The zero-order valence-electron chi connectivity index (χ0n) is 16.7. The lowest BCUT2D eigenvalue weighted by Gasteiger charge is -2.12. The Morgan fingerprint density at radius 3 is 2.79 bits per heavy atom. The van der Waals surface area contributed by atoms with Gasteiger partial charge in [-0.25, -0.2) is 4.98 Å². The van der Waals surface area contributed by atoms with Gasteiger partial charge >= 0.3 is 0 Å². The highest BCUT2D eigenvalue weighted by atomic mass is 32.1. The summed E-state index contributed by atoms with van der Waals surface area (Å²) >= 11 is 1.51. The number of aryl methyl sites for hydroxylation is 1. The molecule has 6 nitrogen and oxygen atoms in total. The van der Waals surface area contributed by atoms with Crippen LogP contribution in [-0.4, -0.2) is 46.2 Å². The highest BCUT2D eigenvalue weighted by Gasteiger charge is 2.13. The van der Waals surface area contributed by atoms with E-state index in [0.717, 1.165) is 35.5 Å². The van der Waals surface area contributed by atoms with Gasteiger partial charge in [-0.05, 0) is 56.9 Å². The van der Waals surface area contributed by atoms with Crippen molar-refractivity contribution in [1.29, 1.82) is 0 Å². The number of hydrogen-bond donors (Lipinski definition) is 1. The molecule has 0 amide bonds. The molecule has 3 heterocycles. The van der Waals surface area contributed by atoms with Crippen LogP contribution in [0.1, 0.15) is 6.42 Å². The molecule has 0 atom stereocenters. The van der Waals surface area contributed by atoms with Crippen molar-refractivity contribution >= 4 is 38.4 Å². The topological polar surface area (TPSA) is 55.1 Å². The molecule has 3 aromatic heterocycles. The first-order valence-corrected chi connectivity index (χ1v) is 10.2. The highest BCUT2D eigenvalue weighted by molar-refractivity contribution is 7.22. The van der Waals surface area contributed by atoms with Crippen molar-refractivity contribution in [3.63, 3.8) is 0 Å². The Morgan fingerprint density at radius 2 is 2.00 bits per heavy atom. The first-order chi connectivity index (χ1) is 13.4. The number of aromatic nitrogens is 3. The van der Waals surface area contributed by atoms with Gasteiger partial charge in [0.15, 0.2) is 0 Å². The van der Waals surface area contributed by atoms with Gasteiger partial charge < -0.3 is 14.8 Å². The molecule has 0 unspecified atom stereocenters. The number of fused-ring (bicyclic) bond motifs is 2. The monoisotopic (exact) mass is 395 g/mol. The molecule has 0 aliphatic rings. The van der Waals surface area contributed by atoms with E-state index in [4.69, 9.17) is 4.98 Å². The van der Waals surface area contributed by atoms with E-state index in [-0.39, 0.29) is 5.56 Å². The number of nitrogens with one attached hydrogen (secondary N) is 1. The van der Waals surface area contributed by atoms with Gasteiger partial charge in [-0.15, -0.1) is 11.3 Å². The van der Waals surface area contributed by atoms with E-state index in [1.165, 1.54) is 22.2 Å². The van der Waals surface area contributed by atoms with E-state index in [1.54, 1.807) is 11.6 Å². The van der Waals surface area contributed by atoms with E-state index < -0.39 is 0 Å². The predicted molar refractivity (Wildman–Crippen MR) is 118 cm³/mol. The molecule has 0 spiro atoms. The van der Waals surface area contributed by atoms with Crippen molar-refractivity contribution < 1.29 is 0 Å². The molecule has 146 valence electrons. The van der Waals surface area contributed by atoms with Crippen molar-refractivity contribution in [2.24, 2.45) is 14.1 Å². The van der Waals surface area contributed by atoms with Crippen LogP contribution in [0.4, 0.5) is 5.95 Å². The quantitative estimate of drug-likeness (QED) is 0.508. The van der Waals surface area contributed by atoms with Crippen LogP contribution in [0, 0.1) is 0 Å². The SMILES string of the molecule is CN(C)CCCNc1nc2cc(-c3ccc4c(ccn4C)c3)sc2c(=O)n1C. The van der Waals surface area contributed by atoms with Crippen LogP contribution in [0.3, 0.4) is 0 Å². The van der Waals surface area contributed by atoms with Gasteiger partial charge in [-0.3, -0.25) is 9.36 Å². The minimum atomic E-state index is -0.00264. The van der Waals surface area contributed by atoms with E-state index in [0.29, 0.717) is 10.6 Å². The summed E-state index contributed by atoms with van der Waals surface area (Å²) in [4.78, 5) is 20.8. The van der Waals surface area contributed by atoms with Crippen LogP contribution in [0.25, 0.3) is 31.6 Å². The summed E-state index contributed by atoms with van der Waals surface area (Å²) in [5.41, 5.74) is 3.07. The third-order valence-electron chi connectivity index (χ3n) is 4.99. The molecule has 1 N–H and O–H groups in total. The Labute approximate surface area is 168 Å². The maximum atomic E-state index is 12.8. The minimum absolute atomic E-state index is 0.00264. The molecule has 4 aromatic rings. The fourth-order valence-corrected chi connectivity index (χ4v) is 4.45. The summed E-state index contributed by atoms with van der Waals surface area (Å²) in [5, 5.41) is 4.50. The Balaban J connectivity index is 1.67. The molecule has 0 saturated heterocycles. The second-order valence-corrected chi connectivity index (χ2v) is 8.46. The van der Waals surface area contributed by atoms with E-state index in [1.807, 2.05) is 13.1 Å². The second kappa shape index (κ2) is 7.41. The maximum Gasteiger partial charge on any atom is 0.272 e. The summed E-state index contributed by atoms with van der Waals surface area (Å²) in [6, 6.07) is 10.5. The average Bonchev–Trinajstić information content (AvgIpc) is 3.26. The van der Waals surface area contributed by atoms with Crippen molar-refractivity contribution in [3.8, 4) is 10.4 Å². The van der Waals surface area contributed by atoms with Gasteiger partial charge in [0.1, 0.15) is 4.70 Å². The van der Waals surface area contributed by atoms with Gasteiger partial charge in [0.2, 0.25) is 5.95 Å². The summed E-state index contributed by atoms with van der Waals surface area (Å²) in [5.74, 6) is 0.624. The molecular weight excluding hydrogens is 370 g/mol. The first kappa shape index (κ1) is 18.7. The standard InChI is InChI=1S/C21H25N5OS/c1-24(2)10-5-9-22-21-23-16-13-18(28-19(16)20(27)26(21)4)15-6-7-17-14(12-15)8-11-25(17)3/h6-8,11-13H,5,9-10H2,1-4H3,(H,22,23). The molecule has 0 fully saturated rings. The van der Waals surface area contributed by atoms with Crippen molar-refractivity contribution in [2.45, 2.75) is 6.42 Å². The normalized spacial score (nSPS) is 11.8.